The van der Waals surface area contributed by atoms with Crippen LogP contribution in [0.15, 0.2) is 83.1 Å². The second kappa shape index (κ2) is 12.4. The number of alkyl halides is 3. The highest BCUT2D eigenvalue weighted by molar-refractivity contribution is 7.07. The maximum Gasteiger partial charge on any atom is 0.573 e. The number of aryl methyl sites for hydroxylation is 4. The van der Waals surface area contributed by atoms with Crippen molar-refractivity contribution in [1.29, 1.82) is 0 Å². The zero-order valence-electron chi connectivity index (χ0n) is 25.6. The summed E-state index contributed by atoms with van der Waals surface area (Å²) in [4.78, 5) is 22.7. The summed E-state index contributed by atoms with van der Waals surface area (Å²) < 4.78 is 44.9. The van der Waals surface area contributed by atoms with Crippen molar-refractivity contribution in [3.05, 3.63) is 111 Å². The Morgan fingerprint density at radius 2 is 1.63 bits per heavy atom. The summed E-state index contributed by atoms with van der Waals surface area (Å²) in [5, 5.41) is 9.54. The van der Waals surface area contributed by atoms with Gasteiger partial charge in [0.05, 0.1) is 11.4 Å². The van der Waals surface area contributed by atoms with E-state index in [4.69, 9.17) is 0 Å². The fraction of sp³-hybridized carbons (Fsp3) is 0.235. The highest BCUT2D eigenvalue weighted by atomic mass is 32.1. The molecule has 236 valence electrons. The molecule has 8 nitrogen and oxygen atoms in total. The third kappa shape index (κ3) is 6.66. The quantitative estimate of drug-likeness (QED) is 0.202. The summed E-state index contributed by atoms with van der Waals surface area (Å²) in [6.07, 6.45) is -0.755. The summed E-state index contributed by atoms with van der Waals surface area (Å²) in [6.45, 7) is 8.24. The molecule has 0 bridgehead atoms. The minimum absolute atomic E-state index is 0.310. The average Bonchev–Trinajstić information content (AvgIpc) is 3.74. The number of nitrogens with one attached hydrogen (secondary N) is 1. The predicted molar refractivity (Wildman–Crippen MR) is 171 cm³/mol. The predicted octanol–water partition coefficient (Wildman–Crippen LogP) is 8.12. The number of hydrogen-bond donors (Lipinski definition) is 1. The first-order chi connectivity index (χ1) is 21.9. The number of hydrogen-bond acceptors (Lipinski definition) is 5. The van der Waals surface area contributed by atoms with Gasteiger partial charge in [-0.25, -0.2) is 14.5 Å². The molecular formula is C34H31F3N6O2S. The van der Waals surface area contributed by atoms with E-state index in [1.54, 1.807) is 0 Å². The Hall–Kier alpha value is -4.97. The van der Waals surface area contributed by atoms with Crippen molar-refractivity contribution in [2.45, 2.75) is 53.3 Å². The van der Waals surface area contributed by atoms with E-state index < -0.39 is 12.4 Å². The molecule has 2 amide bonds. The van der Waals surface area contributed by atoms with Gasteiger partial charge in [-0.3, -0.25) is 4.57 Å². The lowest BCUT2D eigenvalue weighted by Crippen LogP contribution is -2.24. The van der Waals surface area contributed by atoms with Gasteiger partial charge in [-0.15, -0.1) is 29.6 Å². The third-order valence-corrected chi connectivity index (χ3v) is 8.67. The van der Waals surface area contributed by atoms with Crippen molar-refractivity contribution in [2.75, 3.05) is 0 Å². The molecule has 1 aliphatic rings. The van der Waals surface area contributed by atoms with Crippen LogP contribution in [-0.2, 0) is 0 Å². The molecule has 0 radical (unpaired) electrons. The van der Waals surface area contributed by atoms with Crippen LogP contribution in [-0.4, -0.2) is 31.7 Å². The van der Waals surface area contributed by atoms with E-state index in [1.807, 2.05) is 41.1 Å². The number of benzene rings is 3. The van der Waals surface area contributed by atoms with Crippen LogP contribution in [0.25, 0.3) is 28.3 Å². The van der Waals surface area contributed by atoms with Gasteiger partial charge in [-0.1, -0.05) is 42.0 Å². The van der Waals surface area contributed by atoms with Crippen molar-refractivity contribution in [3.63, 3.8) is 0 Å². The number of urea groups is 1. The third-order valence-electron chi connectivity index (χ3n) is 7.73. The maximum atomic E-state index is 13.2. The lowest BCUT2D eigenvalue weighted by Gasteiger charge is -2.14. The molecule has 46 heavy (non-hydrogen) atoms. The van der Waals surface area contributed by atoms with Gasteiger partial charge >= 0.3 is 12.4 Å². The number of thiazole rings is 1. The van der Waals surface area contributed by atoms with E-state index in [0.29, 0.717) is 16.3 Å². The second-order valence-electron chi connectivity index (χ2n) is 11.2. The minimum Gasteiger partial charge on any atom is -0.406 e. The van der Waals surface area contributed by atoms with Crippen LogP contribution in [0.1, 0.15) is 47.2 Å². The van der Waals surface area contributed by atoms with E-state index in [9.17, 15) is 18.0 Å². The van der Waals surface area contributed by atoms with Gasteiger partial charge in [0, 0.05) is 22.3 Å². The Morgan fingerprint density at radius 3 is 2.30 bits per heavy atom. The topological polar surface area (TPSA) is 86.3 Å². The molecule has 3 aromatic carbocycles. The molecule has 12 heteroatoms. The van der Waals surface area contributed by atoms with E-state index in [1.165, 1.54) is 52.2 Å². The zero-order valence-corrected chi connectivity index (χ0v) is 26.5. The van der Waals surface area contributed by atoms with Crippen LogP contribution in [0.2, 0.25) is 0 Å². The lowest BCUT2D eigenvalue weighted by molar-refractivity contribution is -0.274. The second-order valence-corrected chi connectivity index (χ2v) is 12.1. The Morgan fingerprint density at radius 1 is 0.957 bits per heavy atom. The van der Waals surface area contributed by atoms with Crippen LogP contribution in [0, 0.1) is 27.7 Å². The van der Waals surface area contributed by atoms with Crippen LogP contribution in [0.3, 0.4) is 0 Å². The van der Waals surface area contributed by atoms with E-state index >= 15 is 0 Å². The molecule has 1 aliphatic carbocycles. The molecule has 0 saturated heterocycles. The Bertz CT molecular complexity index is 2000. The summed E-state index contributed by atoms with van der Waals surface area (Å²) in [5.41, 5.74) is 9.74. The molecule has 2 heterocycles. The molecule has 1 N–H and O–H groups in total. The number of carbonyl (C=O) groups is 1. The van der Waals surface area contributed by atoms with Crippen LogP contribution >= 0.6 is 11.3 Å². The van der Waals surface area contributed by atoms with E-state index in [-0.39, 0.29) is 5.75 Å². The molecule has 0 saturated carbocycles. The smallest absolute Gasteiger partial charge is 0.406 e. The molecular weight excluding hydrogens is 613 g/mol. The molecule has 2 aromatic heterocycles. The fourth-order valence-corrected chi connectivity index (χ4v) is 6.71. The SMILES string of the molecule is Cc1cc(C)c(-n2c(C)csc2=NC(=O)NC2=C(c3ccc(-c4ncn(-c5ccc(OC(F)(F)F)cc5)n4)cc3)CCC2)c(C)c1. The number of carbonyl (C=O) groups excluding carboxylic acids is 1. The molecule has 5 aromatic rings. The summed E-state index contributed by atoms with van der Waals surface area (Å²) >= 11 is 1.44. The number of aromatic nitrogens is 4. The Kier molecular flexibility index (Phi) is 8.39. The molecule has 6 rings (SSSR count). The first-order valence-corrected chi connectivity index (χ1v) is 15.5. The summed E-state index contributed by atoms with van der Waals surface area (Å²) in [6, 6.07) is 17.0. The Labute approximate surface area is 267 Å². The standard InChI is InChI=1S/C34H31F3N6O2S/c1-20-16-21(2)30(22(3)17-20)43-23(4)18-46-33(43)40-32(44)39-29-7-5-6-28(29)24-8-10-25(11-9-24)31-38-19-42(41-31)26-12-14-27(15-13-26)45-34(35,36)37/h8-19H,5-7H2,1-4H3,(H,39,44). The molecule has 0 unspecified atom stereocenters. The van der Waals surface area contributed by atoms with Crippen molar-refractivity contribution < 1.29 is 22.7 Å². The molecule has 0 spiro atoms. The van der Waals surface area contributed by atoms with Gasteiger partial charge in [-0.05, 0) is 93.5 Å². The van der Waals surface area contributed by atoms with Crippen molar-refractivity contribution in [2.24, 2.45) is 4.99 Å². The minimum atomic E-state index is -4.75. The van der Waals surface area contributed by atoms with Crippen LogP contribution in [0.5, 0.6) is 5.75 Å². The highest BCUT2D eigenvalue weighted by Gasteiger charge is 2.31. The number of nitrogens with zero attached hydrogens (tertiary/aromatic N) is 5. The summed E-state index contributed by atoms with van der Waals surface area (Å²) in [5.74, 6) is 0.156. The largest absolute Gasteiger partial charge is 0.573 e. The van der Waals surface area contributed by atoms with Crippen molar-refractivity contribution in [3.8, 4) is 28.5 Å². The van der Waals surface area contributed by atoms with E-state index in [2.05, 4.69) is 58.0 Å². The number of allylic oxidation sites excluding steroid dienone is 2. The maximum absolute atomic E-state index is 13.2. The first-order valence-electron chi connectivity index (χ1n) is 14.7. The van der Waals surface area contributed by atoms with Crippen molar-refractivity contribution in [1.82, 2.24) is 24.6 Å². The lowest BCUT2D eigenvalue weighted by atomic mass is 10.0. The fourth-order valence-electron chi connectivity index (χ4n) is 5.85. The normalized spacial score (nSPS) is 13.8. The van der Waals surface area contributed by atoms with E-state index in [0.717, 1.165) is 64.2 Å². The van der Waals surface area contributed by atoms with Crippen LogP contribution < -0.4 is 14.9 Å². The van der Waals surface area contributed by atoms with Gasteiger partial charge in [0.2, 0.25) is 0 Å². The number of amides is 2. The Balaban J connectivity index is 1.19. The summed E-state index contributed by atoms with van der Waals surface area (Å²) in [7, 11) is 0. The number of halogens is 3. The number of ether oxygens (including phenoxy) is 1. The first kappa shape index (κ1) is 31.0. The molecule has 0 fully saturated rings. The number of rotatable bonds is 6. The highest BCUT2D eigenvalue weighted by Crippen LogP contribution is 2.33. The molecule has 0 atom stereocenters. The van der Waals surface area contributed by atoms with Crippen molar-refractivity contribution >= 4 is 22.9 Å². The average molecular weight is 645 g/mol. The van der Waals surface area contributed by atoms with Crippen LogP contribution in [0.4, 0.5) is 18.0 Å². The van der Waals surface area contributed by atoms with Gasteiger partial charge in [0.25, 0.3) is 0 Å². The molecule has 0 aliphatic heterocycles. The van der Waals surface area contributed by atoms with Gasteiger partial charge in [0.1, 0.15) is 12.1 Å². The van der Waals surface area contributed by atoms with Gasteiger partial charge in [0.15, 0.2) is 10.6 Å². The zero-order chi connectivity index (χ0) is 32.6. The monoisotopic (exact) mass is 644 g/mol. The van der Waals surface area contributed by atoms with Gasteiger partial charge < -0.3 is 10.1 Å². The van der Waals surface area contributed by atoms with Gasteiger partial charge in [-0.2, -0.15) is 4.99 Å².